The van der Waals surface area contributed by atoms with Gasteiger partial charge < -0.3 is 0 Å². The molecule has 0 aliphatic rings. The van der Waals surface area contributed by atoms with Crippen LogP contribution in [0.15, 0.2) is 46.4 Å². The Morgan fingerprint density at radius 1 is 0.905 bits per heavy atom. The first kappa shape index (κ1) is 21.0. The first-order chi connectivity index (χ1) is 9.97. The van der Waals surface area contributed by atoms with Crippen LogP contribution in [0.25, 0.3) is 6.08 Å². The standard InChI is InChI=1S/C9H10.2C4H7NO/c1-2-6-9-7-4-3-5-8-9;2*1-4(2)5-3-6/h2-8H,1H3;2*4H,1-2H3. The van der Waals surface area contributed by atoms with Crippen LogP contribution in [0, 0.1) is 0 Å². The maximum Gasteiger partial charge on any atom is 0.235 e. The number of isocyanates is 2. The van der Waals surface area contributed by atoms with Gasteiger partial charge in [-0.25, -0.2) is 19.6 Å². The van der Waals surface area contributed by atoms with Gasteiger partial charge in [-0.3, -0.25) is 0 Å². The molecule has 0 N–H and O–H groups in total. The molecule has 0 aliphatic carbocycles. The highest BCUT2D eigenvalue weighted by Crippen LogP contribution is 1.99. The summed E-state index contributed by atoms with van der Waals surface area (Å²) in [6.07, 6.45) is 7.00. The zero-order chi connectivity index (χ0) is 16.5. The third-order valence-corrected chi connectivity index (χ3v) is 1.78. The van der Waals surface area contributed by atoms with Crippen LogP contribution in [-0.2, 0) is 9.59 Å². The van der Waals surface area contributed by atoms with Crippen LogP contribution in [-0.4, -0.2) is 24.2 Å². The summed E-state index contributed by atoms with van der Waals surface area (Å²) in [5.74, 6) is 0. The Labute approximate surface area is 127 Å². The van der Waals surface area contributed by atoms with Crippen molar-refractivity contribution in [2.24, 2.45) is 9.98 Å². The van der Waals surface area contributed by atoms with Crippen molar-refractivity contribution in [1.82, 2.24) is 0 Å². The fourth-order valence-corrected chi connectivity index (χ4v) is 0.967. The molecule has 0 amide bonds. The van der Waals surface area contributed by atoms with Gasteiger partial charge in [0.25, 0.3) is 0 Å². The Balaban J connectivity index is 0. The second-order valence-corrected chi connectivity index (χ2v) is 4.54. The van der Waals surface area contributed by atoms with E-state index < -0.39 is 0 Å². The minimum atomic E-state index is 0.0995. The van der Waals surface area contributed by atoms with Crippen molar-refractivity contribution in [3.8, 4) is 0 Å². The van der Waals surface area contributed by atoms with Gasteiger partial charge in [-0.05, 0) is 40.2 Å². The van der Waals surface area contributed by atoms with Crippen LogP contribution in [0.2, 0.25) is 0 Å². The Morgan fingerprint density at radius 3 is 1.57 bits per heavy atom. The molecule has 0 saturated heterocycles. The van der Waals surface area contributed by atoms with Gasteiger partial charge in [0.1, 0.15) is 0 Å². The minimum Gasteiger partial charge on any atom is -0.211 e. The van der Waals surface area contributed by atoms with Crippen LogP contribution in [0.4, 0.5) is 0 Å². The van der Waals surface area contributed by atoms with Crippen LogP contribution in [0.1, 0.15) is 40.2 Å². The van der Waals surface area contributed by atoms with E-state index >= 15 is 0 Å². The van der Waals surface area contributed by atoms with Gasteiger partial charge in [-0.15, -0.1) is 0 Å². The monoisotopic (exact) mass is 288 g/mol. The Kier molecular flexibility index (Phi) is 15.8. The largest absolute Gasteiger partial charge is 0.235 e. The summed E-state index contributed by atoms with van der Waals surface area (Å²) in [4.78, 5) is 25.3. The molecule has 114 valence electrons. The van der Waals surface area contributed by atoms with Gasteiger partial charge in [0.15, 0.2) is 0 Å². The molecular formula is C17H24N2O2. The predicted octanol–water partition coefficient (Wildman–Crippen LogP) is 4.18. The van der Waals surface area contributed by atoms with Crippen molar-refractivity contribution in [3.05, 3.63) is 42.0 Å². The lowest BCUT2D eigenvalue weighted by Gasteiger charge is -1.86. The van der Waals surface area contributed by atoms with Crippen molar-refractivity contribution < 1.29 is 9.59 Å². The Morgan fingerprint density at radius 2 is 1.33 bits per heavy atom. The van der Waals surface area contributed by atoms with Gasteiger partial charge in [-0.1, -0.05) is 42.5 Å². The summed E-state index contributed by atoms with van der Waals surface area (Å²) >= 11 is 0. The number of allylic oxidation sites excluding steroid dienone is 1. The van der Waals surface area contributed by atoms with Gasteiger partial charge in [0.2, 0.25) is 12.2 Å². The summed E-state index contributed by atoms with van der Waals surface area (Å²) in [5, 5.41) is 0. The molecule has 0 bridgehead atoms. The summed E-state index contributed by atoms with van der Waals surface area (Å²) < 4.78 is 0. The number of rotatable bonds is 3. The zero-order valence-corrected chi connectivity index (χ0v) is 13.4. The Bertz CT molecular complexity index is 445. The molecule has 0 atom stereocenters. The van der Waals surface area contributed by atoms with E-state index in [4.69, 9.17) is 0 Å². The van der Waals surface area contributed by atoms with Crippen LogP contribution >= 0.6 is 0 Å². The Hall–Kier alpha value is -2.28. The van der Waals surface area contributed by atoms with Gasteiger partial charge in [0.05, 0.1) is 12.1 Å². The molecule has 0 heterocycles. The van der Waals surface area contributed by atoms with Crippen LogP contribution in [0.5, 0.6) is 0 Å². The van der Waals surface area contributed by atoms with E-state index in [1.165, 1.54) is 17.7 Å². The molecule has 0 saturated carbocycles. The topological polar surface area (TPSA) is 58.9 Å². The lowest BCUT2D eigenvalue weighted by Crippen LogP contribution is -1.83. The van der Waals surface area contributed by atoms with Gasteiger partial charge in [0, 0.05) is 0 Å². The fraction of sp³-hybridized carbons (Fsp3) is 0.412. The number of benzene rings is 1. The minimum absolute atomic E-state index is 0.0995. The smallest absolute Gasteiger partial charge is 0.211 e. The molecule has 0 fully saturated rings. The molecule has 4 heteroatoms. The second kappa shape index (κ2) is 15.8. The quantitative estimate of drug-likeness (QED) is 0.618. The third kappa shape index (κ3) is 20.2. The highest BCUT2D eigenvalue weighted by atomic mass is 16.1. The number of hydrogen-bond donors (Lipinski definition) is 0. The van der Waals surface area contributed by atoms with Crippen LogP contribution < -0.4 is 0 Å². The second-order valence-electron chi connectivity index (χ2n) is 4.54. The maximum atomic E-state index is 9.32. The predicted molar refractivity (Wildman–Crippen MR) is 87.7 cm³/mol. The van der Waals surface area contributed by atoms with Crippen molar-refractivity contribution in [2.45, 2.75) is 46.7 Å². The van der Waals surface area contributed by atoms with Crippen LogP contribution in [0.3, 0.4) is 0 Å². The number of aliphatic imine (C=N–C) groups is 2. The average Bonchev–Trinajstić information content (AvgIpc) is 2.41. The zero-order valence-electron chi connectivity index (χ0n) is 13.4. The van der Waals surface area contributed by atoms with E-state index in [0.717, 1.165) is 0 Å². The molecule has 0 aromatic heterocycles. The average molecular weight is 288 g/mol. The molecular weight excluding hydrogens is 264 g/mol. The molecule has 4 nitrogen and oxygen atoms in total. The molecule has 0 radical (unpaired) electrons. The van der Waals surface area contributed by atoms with E-state index in [9.17, 15) is 9.59 Å². The molecule has 21 heavy (non-hydrogen) atoms. The number of hydrogen-bond acceptors (Lipinski definition) is 4. The van der Waals surface area contributed by atoms with Crippen molar-refractivity contribution in [2.75, 3.05) is 0 Å². The van der Waals surface area contributed by atoms with Crippen molar-refractivity contribution in [1.29, 1.82) is 0 Å². The maximum absolute atomic E-state index is 9.32. The highest BCUT2D eigenvalue weighted by molar-refractivity contribution is 5.47. The fourth-order valence-electron chi connectivity index (χ4n) is 0.967. The molecule has 0 aliphatic heterocycles. The lowest BCUT2D eigenvalue weighted by atomic mass is 10.2. The normalized spacial score (nSPS) is 8.90. The van der Waals surface area contributed by atoms with Crippen molar-refractivity contribution >= 4 is 18.2 Å². The van der Waals surface area contributed by atoms with E-state index in [-0.39, 0.29) is 12.1 Å². The van der Waals surface area contributed by atoms with E-state index in [1.807, 2.05) is 58.9 Å². The summed E-state index contributed by atoms with van der Waals surface area (Å²) in [7, 11) is 0. The lowest BCUT2D eigenvalue weighted by molar-refractivity contribution is 0.559. The summed E-state index contributed by atoms with van der Waals surface area (Å²) in [5.41, 5.74) is 1.26. The van der Waals surface area contributed by atoms with Gasteiger partial charge in [-0.2, -0.15) is 0 Å². The van der Waals surface area contributed by atoms with Gasteiger partial charge >= 0.3 is 0 Å². The first-order valence-corrected chi connectivity index (χ1v) is 6.79. The SMILES string of the molecule is CC(C)N=C=O.CC(C)N=C=O.CC=Cc1ccccc1. The number of nitrogens with zero attached hydrogens (tertiary/aromatic N) is 2. The summed E-state index contributed by atoms with van der Waals surface area (Å²) in [6, 6.07) is 10.5. The van der Waals surface area contributed by atoms with E-state index in [1.54, 1.807) is 0 Å². The van der Waals surface area contributed by atoms with Crippen molar-refractivity contribution in [3.63, 3.8) is 0 Å². The third-order valence-electron chi connectivity index (χ3n) is 1.78. The first-order valence-electron chi connectivity index (χ1n) is 6.79. The molecule has 1 aromatic carbocycles. The summed E-state index contributed by atoms with van der Waals surface area (Å²) in [6.45, 7) is 9.32. The molecule has 1 aromatic rings. The molecule has 0 spiro atoms. The highest BCUT2D eigenvalue weighted by Gasteiger charge is 1.79. The van der Waals surface area contributed by atoms with E-state index in [2.05, 4.69) is 28.2 Å². The number of carbonyl (C=O) groups excluding carboxylic acids is 2. The molecule has 1 rings (SSSR count). The van der Waals surface area contributed by atoms with E-state index in [0.29, 0.717) is 0 Å². The molecule has 0 unspecified atom stereocenters.